The molecule has 274 valence electrons. The fraction of sp³-hybridized carbons (Fsp3) is 0.0645. The summed E-state index contributed by atoms with van der Waals surface area (Å²) in [5, 5.41) is 62.9. The van der Waals surface area contributed by atoms with Gasteiger partial charge in [-0.2, -0.15) is 27.0 Å². The minimum absolute atomic E-state index is 0.0832. The molecule has 0 bridgehead atoms. The second-order valence-corrected chi connectivity index (χ2v) is 14.2. The number of azo groups is 1. The average Bonchev–Trinajstić information content (AvgIpc) is 3.13. The van der Waals surface area contributed by atoms with E-state index in [2.05, 4.69) is 71.1 Å². The zero-order valence-electron chi connectivity index (χ0n) is 27.0. The Morgan fingerprint density at radius 1 is 0.755 bits per heavy atom. The van der Waals surface area contributed by atoms with Crippen molar-refractivity contribution in [1.29, 1.82) is 0 Å². The Morgan fingerprint density at radius 3 is 2.13 bits per heavy atom. The third kappa shape index (κ3) is 8.37. The Kier molecular flexibility index (Phi) is 11.8. The Hall–Kier alpha value is -4.85. The van der Waals surface area contributed by atoms with Crippen molar-refractivity contribution in [3.8, 4) is 11.8 Å². The second kappa shape index (κ2) is 16.4. The number of phenolic OH excluding ortho intramolecular Hbond substituents is 1. The SMILES string of the molecule is Cc1cc(Nc2nc(O)nc(Nc3cccc4cc(SOOO)c(N=Nc5ccc6ccccc6c5S(=O)(=O)OS)c(O)c34)n2)c(SOOO)cc1C. The molecular weight excluding hydrogens is 775 g/mol. The first-order chi connectivity index (χ1) is 25.5. The molecule has 0 fully saturated rings. The number of rotatable bonds is 14. The van der Waals surface area contributed by atoms with Crippen LogP contribution in [0.3, 0.4) is 0 Å². The molecule has 0 aliphatic carbocycles. The van der Waals surface area contributed by atoms with Gasteiger partial charge in [-0.05, 0) is 79.0 Å². The fourth-order valence-corrected chi connectivity index (χ4v) is 7.30. The van der Waals surface area contributed by atoms with Gasteiger partial charge in [-0.15, -0.1) is 18.9 Å². The smallest absolute Gasteiger partial charge is 0.320 e. The van der Waals surface area contributed by atoms with Crippen molar-refractivity contribution in [1.82, 2.24) is 15.0 Å². The van der Waals surface area contributed by atoms with Crippen LogP contribution in [0.4, 0.5) is 34.6 Å². The van der Waals surface area contributed by atoms with E-state index < -0.39 is 21.9 Å². The van der Waals surface area contributed by atoms with E-state index >= 15 is 0 Å². The zero-order chi connectivity index (χ0) is 37.7. The molecule has 18 nitrogen and oxygen atoms in total. The van der Waals surface area contributed by atoms with E-state index in [1.165, 1.54) is 12.1 Å². The van der Waals surface area contributed by atoms with Crippen LogP contribution in [0.5, 0.6) is 11.8 Å². The number of fused-ring (bicyclic) bond motifs is 2. The highest BCUT2D eigenvalue weighted by atomic mass is 32.3. The molecule has 0 aliphatic rings. The van der Waals surface area contributed by atoms with Crippen molar-refractivity contribution < 1.29 is 51.5 Å². The van der Waals surface area contributed by atoms with Crippen LogP contribution in [-0.2, 0) is 32.5 Å². The van der Waals surface area contributed by atoms with Crippen LogP contribution >= 0.6 is 37.0 Å². The molecule has 1 heterocycles. The number of benzene rings is 5. The summed E-state index contributed by atoms with van der Waals surface area (Å²) in [5.41, 5.74) is 2.15. The van der Waals surface area contributed by atoms with E-state index in [0.29, 0.717) is 45.4 Å². The molecule has 5 aromatic carbocycles. The van der Waals surface area contributed by atoms with Gasteiger partial charge in [-0.1, -0.05) is 52.5 Å². The maximum Gasteiger partial charge on any atom is 0.320 e. The molecule has 0 saturated heterocycles. The highest BCUT2D eigenvalue weighted by molar-refractivity contribution is 7.96. The number of phenols is 1. The molecule has 0 saturated carbocycles. The number of nitrogens with zero attached hydrogens (tertiary/aromatic N) is 5. The van der Waals surface area contributed by atoms with E-state index in [0.717, 1.165) is 11.1 Å². The van der Waals surface area contributed by atoms with Crippen LogP contribution in [0.25, 0.3) is 21.5 Å². The number of anilines is 4. The summed E-state index contributed by atoms with van der Waals surface area (Å²) >= 11 is 4.73. The maximum absolute atomic E-state index is 13.0. The van der Waals surface area contributed by atoms with Crippen molar-refractivity contribution in [2.75, 3.05) is 10.6 Å². The van der Waals surface area contributed by atoms with E-state index in [1.807, 2.05) is 13.8 Å². The van der Waals surface area contributed by atoms with Crippen LogP contribution in [0.2, 0.25) is 0 Å². The highest BCUT2D eigenvalue weighted by Gasteiger charge is 2.24. The number of nitrogens with one attached hydrogen (secondary N) is 2. The first kappa shape index (κ1) is 37.9. The molecule has 0 radical (unpaired) electrons. The highest BCUT2D eigenvalue weighted by Crippen LogP contribution is 2.47. The number of aryl methyl sites for hydroxylation is 2. The number of aromatic nitrogens is 3. The summed E-state index contributed by atoms with van der Waals surface area (Å²) in [4.78, 5) is 12.5. The van der Waals surface area contributed by atoms with Crippen LogP contribution < -0.4 is 10.6 Å². The number of thiol groups is 1. The third-order valence-corrected chi connectivity index (χ3v) is 10.5. The molecule has 6 aromatic rings. The summed E-state index contributed by atoms with van der Waals surface area (Å²) in [5.74, 6) is -0.690. The molecule has 6 N–H and O–H groups in total. The maximum atomic E-state index is 13.0. The third-order valence-electron chi connectivity index (χ3n) is 7.56. The second-order valence-electron chi connectivity index (χ2n) is 10.8. The van der Waals surface area contributed by atoms with Gasteiger partial charge in [0.1, 0.15) is 16.3 Å². The predicted octanol–water partition coefficient (Wildman–Crippen LogP) is 8.52. The molecular formula is C31H25N7O11S4. The van der Waals surface area contributed by atoms with Gasteiger partial charge in [-0.3, -0.25) is 0 Å². The Bertz CT molecular complexity index is 2480. The standard InChI is InChI=1S/C31H25N7O11S4/c1-15-12-22(23(13-16(15)2)51-47-45-41)33-30-34-29(35-31(40)36-30)32-20-9-5-7-18-14-24(52-48-46-42)26(27(39)25(18)20)38-37-21-11-10-17-6-3-4-8-19(17)28(21)53(43,44)49-50/h3-14,39,41-42,50H,1-2H3,(H3,32,33,34,35,36,40). The van der Waals surface area contributed by atoms with Gasteiger partial charge in [0.05, 0.1) is 45.3 Å². The molecule has 22 heteroatoms. The number of hydrogen-bond donors (Lipinski definition) is 7. The number of aromatic hydroxyl groups is 2. The lowest BCUT2D eigenvalue weighted by molar-refractivity contribution is -0.432. The first-order valence-corrected chi connectivity index (χ1v) is 18.0. The van der Waals surface area contributed by atoms with Gasteiger partial charge in [0.25, 0.3) is 0 Å². The largest absolute Gasteiger partial charge is 0.505 e. The van der Waals surface area contributed by atoms with Gasteiger partial charge in [0.15, 0.2) is 5.75 Å². The molecule has 0 spiro atoms. The average molecular weight is 800 g/mol. The van der Waals surface area contributed by atoms with Crippen LogP contribution in [0, 0.1) is 13.8 Å². The van der Waals surface area contributed by atoms with Crippen molar-refractivity contribution in [2.45, 2.75) is 28.5 Å². The fourth-order valence-electron chi connectivity index (χ4n) is 5.16. The molecule has 0 atom stereocenters. The molecule has 0 aliphatic heterocycles. The normalized spacial score (nSPS) is 11.9. The van der Waals surface area contributed by atoms with Gasteiger partial charge in [-0.25, -0.2) is 10.5 Å². The summed E-state index contributed by atoms with van der Waals surface area (Å²) in [7, 11) is -4.42. The molecule has 53 heavy (non-hydrogen) atoms. The lowest BCUT2D eigenvalue weighted by atomic mass is 10.1. The molecule has 0 amide bonds. The van der Waals surface area contributed by atoms with E-state index in [1.54, 1.807) is 60.7 Å². The van der Waals surface area contributed by atoms with Crippen LogP contribution in [0.1, 0.15) is 11.1 Å². The molecule has 1 aromatic heterocycles. The van der Waals surface area contributed by atoms with Gasteiger partial charge >= 0.3 is 16.1 Å². The van der Waals surface area contributed by atoms with Crippen molar-refractivity contribution >= 4 is 103 Å². The summed E-state index contributed by atoms with van der Waals surface area (Å²) in [6.45, 7) is 3.76. The van der Waals surface area contributed by atoms with E-state index in [9.17, 15) is 18.6 Å². The first-order valence-electron chi connectivity index (χ1n) is 14.7. The van der Waals surface area contributed by atoms with Crippen molar-refractivity contribution in [3.63, 3.8) is 0 Å². The Labute approximate surface area is 313 Å². The minimum atomic E-state index is -4.42. The van der Waals surface area contributed by atoms with Crippen molar-refractivity contribution in [2.24, 2.45) is 10.2 Å². The van der Waals surface area contributed by atoms with E-state index in [-0.39, 0.29) is 49.5 Å². The molecule has 0 unspecified atom stereocenters. The zero-order valence-corrected chi connectivity index (χ0v) is 30.3. The summed E-state index contributed by atoms with van der Waals surface area (Å²) in [6.07, 6.45) is 0. The summed E-state index contributed by atoms with van der Waals surface area (Å²) < 4.78 is 39.7. The van der Waals surface area contributed by atoms with E-state index in [4.69, 9.17) is 10.5 Å². The van der Waals surface area contributed by atoms with Crippen LogP contribution in [-0.4, -0.2) is 44.1 Å². The topological polar surface area (TPSA) is 249 Å². The van der Waals surface area contributed by atoms with Crippen LogP contribution in [0.15, 0.2) is 97.7 Å². The van der Waals surface area contributed by atoms with Gasteiger partial charge in [0, 0.05) is 10.8 Å². The predicted molar refractivity (Wildman–Crippen MR) is 196 cm³/mol. The lowest BCUT2D eigenvalue weighted by Crippen LogP contribution is -2.05. The quantitative estimate of drug-likeness (QED) is 0.0179. The molecule has 6 rings (SSSR count). The monoisotopic (exact) mass is 799 g/mol. The van der Waals surface area contributed by atoms with Gasteiger partial charge in [0.2, 0.25) is 11.9 Å². The lowest BCUT2D eigenvalue weighted by Gasteiger charge is -2.15. The Balaban J connectivity index is 1.42. The van der Waals surface area contributed by atoms with Gasteiger partial charge < -0.3 is 20.8 Å². The summed E-state index contributed by atoms with van der Waals surface area (Å²) in [6, 6.07) is 19.0. The minimum Gasteiger partial charge on any atom is -0.505 e. The van der Waals surface area contributed by atoms with Crippen molar-refractivity contribution in [3.05, 3.63) is 83.9 Å². The Morgan fingerprint density at radius 2 is 1.42 bits per heavy atom. The number of hydrogen-bond acceptors (Lipinski definition) is 21.